The van der Waals surface area contributed by atoms with E-state index in [1.165, 1.54) is 29.0 Å². The lowest BCUT2D eigenvalue weighted by Gasteiger charge is -2.05. The van der Waals surface area contributed by atoms with Crippen LogP contribution in [-0.4, -0.2) is 24.7 Å². The lowest BCUT2D eigenvalue weighted by Crippen LogP contribution is -2.00. The first-order chi connectivity index (χ1) is 10.6. The van der Waals surface area contributed by atoms with Crippen LogP contribution in [0.4, 0.5) is 5.69 Å². The van der Waals surface area contributed by atoms with E-state index in [-0.39, 0.29) is 22.6 Å². The minimum Gasteiger partial charge on any atom is -0.437 e. The molecule has 3 aromatic rings. The van der Waals surface area contributed by atoms with Crippen molar-refractivity contribution in [2.45, 2.75) is 13.8 Å². The van der Waals surface area contributed by atoms with Gasteiger partial charge >= 0.3 is 0 Å². The Bertz CT molecular complexity index is 805. The maximum absolute atomic E-state index is 10.7. The van der Waals surface area contributed by atoms with Gasteiger partial charge in [-0.15, -0.1) is 9.73 Å². The van der Waals surface area contributed by atoms with Crippen LogP contribution in [0.2, 0.25) is 5.28 Å². The van der Waals surface area contributed by atoms with Crippen LogP contribution < -0.4 is 4.74 Å². The Morgan fingerprint density at radius 3 is 2.82 bits per heavy atom. The molecule has 22 heavy (non-hydrogen) atoms. The highest BCUT2D eigenvalue weighted by Crippen LogP contribution is 2.27. The van der Waals surface area contributed by atoms with Gasteiger partial charge in [0, 0.05) is 6.07 Å². The summed E-state index contributed by atoms with van der Waals surface area (Å²) >= 11 is 5.76. The smallest absolute Gasteiger partial charge is 0.273 e. The third kappa shape index (κ3) is 3.29. The van der Waals surface area contributed by atoms with Crippen molar-refractivity contribution in [3.63, 3.8) is 0 Å². The Morgan fingerprint density at radius 1 is 1.32 bits per heavy atom. The van der Waals surface area contributed by atoms with E-state index in [2.05, 4.69) is 15.2 Å². The minimum atomic E-state index is -0.506. The molecule has 2 aromatic heterocycles. The number of aromatic nitrogens is 4. The van der Waals surface area contributed by atoms with Crippen LogP contribution in [0.5, 0.6) is 11.6 Å². The standard InChI is InChI=1S/C11H6ClN5O3.C2H6/c12-11-14-10(9-4-5-13-16(9)15-11)20-8-3-1-2-7(6-8)17(18)19;1-2/h1-6H;1-2H3. The number of nitro groups is 1. The van der Waals surface area contributed by atoms with E-state index in [0.717, 1.165) is 0 Å². The van der Waals surface area contributed by atoms with Gasteiger partial charge in [-0.1, -0.05) is 19.9 Å². The number of hydrogen-bond acceptors (Lipinski definition) is 6. The molecule has 2 heterocycles. The maximum Gasteiger partial charge on any atom is 0.273 e. The van der Waals surface area contributed by atoms with Crippen LogP contribution in [0.25, 0.3) is 5.52 Å². The van der Waals surface area contributed by atoms with Crippen LogP contribution >= 0.6 is 11.6 Å². The van der Waals surface area contributed by atoms with Crippen molar-refractivity contribution in [1.82, 2.24) is 19.8 Å². The summed E-state index contributed by atoms with van der Waals surface area (Å²) in [6, 6.07) is 7.40. The van der Waals surface area contributed by atoms with E-state index in [0.29, 0.717) is 5.52 Å². The largest absolute Gasteiger partial charge is 0.437 e. The van der Waals surface area contributed by atoms with E-state index in [1.54, 1.807) is 12.1 Å². The Balaban J connectivity index is 0.000000847. The van der Waals surface area contributed by atoms with Gasteiger partial charge in [0.2, 0.25) is 11.2 Å². The average Bonchev–Trinajstić information content (AvgIpc) is 2.98. The van der Waals surface area contributed by atoms with Crippen molar-refractivity contribution < 1.29 is 9.66 Å². The molecule has 9 heteroatoms. The maximum atomic E-state index is 10.7. The number of ether oxygens (including phenoxy) is 1. The Hall–Kier alpha value is -2.74. The molecule has 0 unspecified atom stereocenters. The number of non-ortho nitro benzene ring substituents is 1. The Morgan fingerprint density at radius 2 is 2.09 bits per heavy atom. The van der Waals surface area contributed by atoms with Crippen molar-refractivity contribution in [3.8, 4) is 11.6 Å². The van der Waals surface area contributed by atoms with Gasteiger partial charge in [0.1, 0.15) is 11.3 Å². The molecule has 0 aliphatic rings. The Kier molecular flexibility index (Phi) is 4.84. The molecule has 0 spiro atoms. The first-order valence-electron chi connectivity index (χ1n) is 6.43. The Labute approximate surface area is 130 Å². The average molecular weight is 322 g/mol. The predicted molar refractivity (Wildman–Crippen MR) is 80.3 cm³/mol. The zero-order valence-corrected chi connectivity index (χ0v) is 12.6. The fraction of sp³-hybridized carbons (Fsp3) is 0.154. The number of halogens is 1. The van der Waals surface area contributed by atoms with Crippen LogP contribution in [0.1, 0.15) is 13.8 Å². The van der Waals surface area contributed by atoms with Gasteiger partial charge < -0.3 is 4.74 Å². The number of nitrogens with zero attached hydrogens (tertiary/aromatic N) is 5. The van der Waals surface area contributed by atoms with Crippen molar-refractivity contribution in [3.05, 3.63) is 51.9 Å². The molecular formula is C13H12ClN5O3. The molecule has 0 radical (unpaired) electrons. The lowest BCUT2D eigenvalue weighted by molar-refractivity contribution is -0.384. The molecule has 114 valence electrons. The zero-order chi connectivity index (χ0) is 16.1. The first-order valence-corrected chi connectivity index (χ1v) is 6.81. The summed E-state index contributed by atoms with van der Waals surface area (Å²) in [5, 5.41) is 18.5. The summed E-state index contributed by atoms with van der Waals surface area (Å²) < 4.78 is 6.79. The second-order valence-electron chi connectivity index (χ2n) is 3.75. The quantitative estimate of drug-likeness (QED) is 0.541. The van der Waals surface area contributed by atoms with Crippen molar-refractivity contribution in [2.24, 2.45) is 0 Å². The molecule has 0 aliphatic carbocycles. The van der Waals surface area contributed by atoms with E-state index in [1.807, 2.05) is 13.8 Å². The number of rotatable bonds is 3. The van der Waals surface area contributed by atoms with Crippen LogP contribution in [0.3, 0.4) is 0 Å². The number of hydrogen-bond donors (Lipinski definition) is 0. The fourth-order valence-corrected chi connectivity index (χ4v) is 1.77. The molecule has 0 aliphatic heterocycles. The van der Waals surface area contributed by atoms with Gasteiger partial charge in [0.25, 0.3) is 5.69 Å². The van der Waals surface area contributed by atoms with Gasteiger partial charge in [0.15, 0.2) is 0 Å². The molecule has 0 saturated carbocycles. The highest BCUT2D eigenvalue weighted by molar-refractivity contribution is 6.28. The summed E-state index contributed by atoms with van der Waals surface area (Å²) in [5.41, 5.74) is 0.424. The first kappa shape index (κ1) is 15.6. The van der Waals surface area contributed by atoms with Crippen molar-refractivity contribution >= 4 is 22.8 Å². The molecule has 0 amide bonds. The molecule has 8 nitrogen and oxygen atoms in total. The zero-order valence-electron chi connectivity index (χ0n) is 11.8. The summed E-state index contributed by atoms with van der Waals surface area (Å²) in [7, 11) is 0. The summed E-state index contributed by atoms with van der Waals surface area (Å²) in [6.07, 6.45) is 1.51. The number of nitro benzene ring substituents is 1. The number of fused-ring (bicyclic) bond motifs is 1. The van der Waals surface area contributed by atoms with Gasteiger partial charge in [-0.2, -0.15) is 10.1 Å². The second kappa shape index (κ2) is 6.81. The van der Waals surface area contributed by atoms with Crippen molar-refractivity contribution in [1.29, 1.82) is 0 Å². The summed E-state index contributed by atoms with van der Waals surface area (Å²) in [4.78, 5) is 14.2. The summed E-state index contributed by atoms with van der Waals surface area (Å²) in [6.45, 7) is 4.00. The highest BCUT2D eigenvalue weighted by Gasteiger charge is 2.12. The van der Waals surface area contributed by atoms with Gasteiger partial charge in [-0.25, -0.2) is 0 Å². The van der Waals surface area contributed by atoms with Crippen LogP contribution in [-0.2, 0) is 0 Å². The van der Waals surface area contributed by atoms with Crippen LogP contribution in [0, 0.1) is 10.1 Å². The molecule has 0 bridgehead atoms. The van der Waals surface area contributed by atoms with Gasteiger partial charge in [-0.05, 0) is 23.7 Å². The fourth-order valence-electron chi connectivity index (χ4n) is 1.62. The molecule has 0 saturated heterocycles. The van der Waals surface area contributed by atoms with E-state index in [9.17, 15) is 10.1 Å². The van der Waals surface area contributed by atoms with Crippen molar-refractivity contribution in [2.75, 3.05) is 0 Å². The molecule has 0 atom stereocenters. The second-order valence-corrected chi connectivity index (χ2v) is 4.09. The predicted octanol–water partition coefficient (Wildman–Crippen LogP) is 3.50. The highest BCUT2D eigenvalue weighted by atomic mass is 35.5. The minimum absolute atomic E-state index is 0.0402. The lowest BCUT2D eigenvalue weighted by atomic mass is 10.3. The van der Waals surface area contributed by atoms with E-state index in [4.69, 9.17) is 16.3 Å². The molecule has 0 fully saturated rings. The SMILES string of the molecule is CC.O=[N+]([O-])c1cccc(Oc2nc(Cl)nn3nccc23)c1. The third-order valence-electron chi connectivity index (χ3n) is 2.46. The summed E-state index contributed by atoms with van der Waals surface area (Å²) in [5.74, 6) is 0.445. The number of benzene rings is 1. The topological polar surface area (TPSA) is 95.5 Å². The van der Waals surface area contributed by atoms with Crippen LogP contribution in [0.15, 0.2) is 36.5 Å². The molecule has 0 N–H and O–H groups in total. The van der Waals surface area contributed by atoms with E-state index < -0.39 is 4.92 Å². The molecule has 3 rings (SSSR count). The third-order valence-corrected chi connectivity index (χ3v) is 2.62. The van der Waals surface area contributed by atoms with Gasteiger partial charge in [-0.3, -0.25) is 10.1 Å². The molecular weight excluding hydrogens is 310 g/mol. The normalized spacial score (nSPS) is 9.95. The molecule has 1 aromatic carbocycles. The monoisotopic (exact) mass is 321 g/mol. The van der Waals surface area contributed by atoms with E-state index >= 15 is 0 Å². The van der Waals surface area contributed by atoms with Gasteiger partial charge in [0.05, 0.1) is 17.2 Å².